The van der Waals surface area contributed by atoms with E-state index in [4.69, 9.17) is 5.73 Å². The van der Waals surface area contributed by atoms with E-state index < -0.39 is 23.6 Å². The van der Waals surface area contributed by atoms with E-state index in [1.165, 1.54) is 0 Å². The number of urea groups is 1. The largest absolute Gasteiger partial charge is 0.389 e. The van der Waals surface area contributed by atoms with Gasteiger partial charge in [0, 0.05) is 6.54 Å². The summed E-state index contributed by atoms with van der Waals surface area (Å²) in [6.07, 6.45) is 3.57. The molecule has 0 spiro atoms. The lowest BCUT2D eigenvalue weighted by Gasteiger charge is -2.31. The first-order chi connectivity index (χ1) is 7.84. The Kier molecular flexibility index (Phi) is 4.47. The van der Waals surface area contributed by atoms with Gasteiger partial charge in [-0.15, -0.1) is 0 Å². The molecule has 1 saturated carbocycles. The molecule has 6 heteroatoms. The number of hydrogen-bond donors (Lipinski definition) is 3. The van der Waals surface area contributed by atoms with Crippen molar-refractivity contribution < 1.29 is 14.7 Å². The SMILES string of the molecule is CC(C(=O)NC(N)=O)N(C)CC1(O)CCCC1. The minimum absolute atomic E-state index is 0.431. The number of aliphatic hydroxyl groups is 1. The number of nitrogens with zero attached hydrogens (tertiary/aromatic N) is 1. The second kappa shape index (κ2) is 5.46. The summed E-state index contributed by atoms with van der Waals surface area (Å²) < 4.78 is 0. The van der Waals surface area contributed by atoms with Gasteiger partial charge in [0.1, 0.15) is 0 Å². The van der Waals surface area contributed by atoms with Crippen LogP contribution in [-0.2, 0) is 4.79 Å². The molecule has 0 saturated heterocycles. The zero-order valence-corrected chi connectivity index (χ0v) is 10.4. The third-order valence-electron chi connectivity index (χ3n) is 3.36. The summed E-state index contributed by atoms with van der Waals surface area (Å²) in [6.45, 7) is 2.11. The van der Waals surface area contributed by atoms with E-state index in [2.05, 4.69) is 0 Å². The Hall–Kier alpha value is -1.14. The maximum absolute atomic E-state index is 11.5. The summed E-state index contributed by atoms with van der Waals surface area (Å²) in [6, 6.07) is -1.35. The molecule has 1 fully saturated rings. The second-order valence-electron chi connectivity index (χ2n) is 4.88. The Bertz CT molecular complexity index is 300. The number of carbonyl (C=O) groups is 2. The Morgan fingerprint density at radius 2 is 2.00 bits per heavy atom. The highest BCUT2D eigenvalue weighted by Crippen LogP contribution is 2.30. The Balaban J connectivity index is 2.48. The predicted octanol–water partition coefficient (Wildman–Crippen LogP) is -0.193. The lowest BCUT2D eigenvalue weighted by atomic mass is 10.0. The Morgan fingerprint density at radius 1 is 1.47 bits per heavy atom. The molecule has 1 rings (SSSR count). The van der Waals surface area contributed by atoms with Crippen LogP contribution in [0, 0.1) is 0 Å². The van der Waals surface area contributed by atoms with Gasteiger partial charge in [0.25, 0.3) is 0 Å². The van der Waals surface area contributed by atoms with E-state index in [-0.39, 0.29) is 0 Å². The molecule has 0 heterocycles. The summed E-state index contributed by atoms with van der Waals surface area (Å²) in [4.78, 5) is 23.8. The molecule has 1 unspecified atom stereocenters. The van der Waals surface area contributed by atoms with Crippen molar-refractivity contribution in [2.75, 3.05) is 13.6 Å². The van der Waals surface area contributed by atoms with Crippen LogP contribution in [0.25, 0.3) is 0 Å². The van der Waals surface area contributed by atoms with E-state index in [1.54, 1.807) is 18.9 Å². The van der Waals surface area contributed by atoms with Gasteiger partial charge >= 0.3 is 6.03 Å². The van der Waals surface area contributed by atoms with E-state index in [0.717, 1.165) is 25.7 Å². The highest BCUT2D eigenvalue weighted by molar-refractivity contribution is 5.96. The lowest BCUT2D eigenvalue weighted by molar-refractivity contribution is -0.125. The zero-order valence-electron chi connectivity index (χ0n) is 10.4. The smallest absolute Gasteiger partial charge is 0.318 e. The fraction of sp³-hybridized carbons (Fsp3) is 0.818. The van der Waals surface area contributed by atoms with Crippen LogP contribution in [0.15, 0.2) is 0 Å². The number of primary amides is 1. The molecule has 1 aliphatic carbocycles. The fourth-order valence-corrected chi connectivity index (χ4v) is 2.22. The third-order valence-corrected chi connectivity index (χ3v) is 3.36. The number of amides is 3. The molecule has 0 radical (unpaired) electrons. The fourth-order valence-electron chi connectivity index (χ4n) is 2.22. The number of nitrogens with one attached hydrogen (secondary N) is 1. The predicted molar refractivity (Wildman–Crippen MR) is 63.2 cm³/mol. The second-order valence-corrected chi connectivity index (χ2v) is 4.88. The van der Waals surface area contributed by atoms with E-state index >= 15 is 0 Å². The molecule has 98 valence electrons. The van der Waals surface area contributed by atoms with Crippen molar-refractivity contribution in [1.82, 2.24) is 10.2 Å². The topological polar surface area (TPSA) is 95.7 Å². The minimum Gasteiger partial charge on any atom is -0.389 e. The maximum atomic E-state index is 11.5. The molecule has 1 atom stereocenters. The van der Waals surface area contributed by atoms with Crippen LogP contribution in [0.3, 0.4) is 0 Å². The Morgan fingerprint density at radius 3 is 2.47 bits per heavy atom. The summed E-state index contributed by atoms with van der Waals surface area (Å²) in [5.74, 6) is -0.443. The molecule has 17 heavy (non-hydrogen) atoms. The van der Waals surface area contributed by atoms with Gasteiger partial charge in [0.2, 0.25) is 5.91 Å². The number of likely N-dealkylation sites (N-methyl/N-ethyl adjacent to an activating group) is 1. The molecular formula is C11H21N3O3. The summed E-state index contributed by atoms with van der Waals surface area (Å²) in [5.41, 5.74) is 4.18. The molecule has 0 aromatic carbocycles. The average molecular weight is 243 g/mol. The van der Waals surface area contributed by atoms with Crippen LogP contribution in [0.5, 0.6) is 0 Å². The van der Waals surface area contributed by atoms with Crippen molar-refractivity contribution in [3.05, 3.63) is 0 Å². The van der Waals surface area contributed by atoms with Crippen molar-refractivity contribution in [3.8, 4) is 0 Å². The highest BCUT2D eigenvalue weighted by atomic mass is 16.3. The molecule has 0 aromatic heterocycles. The number of imide groups is 1. The van der Waals surface area contributed by atoms with Crippen LogP contribution in [-0.4, -0.2) is 47.2 Å². The lowest BCUT2D eigenvalue weighted by Crippen LogP contribution is -2.51. The van der Waals surface area contributed by atoms with Crippen molar-refractivity contribution in [3.63, 3.8) is 0 Å². The first-order valence-corrected chi connectivity index (χ1v) is 5.87. The van der Waals surface area contributed by atoms with Crippen LogP contribution in [0.1, 0.15) is 32.6 Å². The molecule has 4 N–H and O–H groups in total. The number of nitrogens with two attached hydrogens (primary N) is 1. The monoisotopic (exact) mass is 243 g/mol. The van der Waals surface area contributed by atoms with E-state index in [1.807, 2.05) is 5.32 Å². The molecule has 1 aliphatic rings. The third kappa shape index (κ3) is 3.98. The van der Waals surface area contributed by atoms with Crippen molar-refractivity contribution in [2.45, 2.75) is 44.2 Å². The maximum Gasteiger partial charge on any atom is 0.318 e. The number of hydrogen-bond acceptors (Lipinski definition) is 4. The summed E-state index contributed by atoms with van der Waals surface area (Å²) >= 11 is 0. The van der Waals surface area contributed by atoms with Gasteiger partial charge in [-0.2, -0.15) is 0 Å². The number of carbonyl (C=O) groups excluding carboxylic acids is 2. The minimum atomic E-state index is -0.852. The van der Waals surface area contributed by atoms with Crippen molar-refractivity contribution in [2.24, 2.45) is 5.73 Å². The first-order valence-electron chi connectivity index (χ1n) is 5.87. The molecule has 0 aromatic rings. The summed E-state index contributed by atoms with van der Waals surface area (Å²) in [5, 5.41) is 12.2. The van der Waals surface area contributed by atoms with Gasteiger partial charge in [-0.05, 0) is 26.8 Å². The molecule has 3 amide bonds. The first kappa shape index (κ1) is 13.9. The van der Waals surface area contributed by atoms with Gasteiger partial charge < -0.3 is 10.8 Å². The molecule has 0 aliphatic heterocycles. The average Bonchev–Trinajstić information content (AvgIpc) is 2.62. The van der Waals surface area contributed by atoms with Crippen LogP contribution < -0.4 is 11.1 Å². The molecule has 0 bridgehead atoms. The van der Waals surface area contributed by atoms with Gasteiger partial charge in [-0.3, -0.25) is 15.0 Å². The van der Waals surface area contributed by atoms with Gasteiger partial charge in [-0.1, -0.05) is 12.8 Å². The van der Waals surface area contributed by atoms with Crippen molar-refractivity contribution >= 4 is 11.9 Å². The highest BCUT2D eigenvalue weighted by Gasteiger charge is 2.34. The van der Waals surface area contributed by atoms with Crippen LogP contribution in [0.2, 0.25) is 0 Å². The van der Waals surface area contributed by atoms with Gasteiger partial charge in [0.05, 0.1) is 11.6 Å². The van der Waals surface area contributed by atoms with Crippen LogP contribution >= 0.6 is 0 Å². The molecule has 6 nitrogen and oxygen atoms in total. The standard InChI is InChI=1S/C11H21N3O3/c1-8(9(15)13-10(12)16)14(2)7-11(17)5-3-4-6-11/h8,17H,3-7H2,1-2H3,(H3,12,13,15,16). The van der Waals surface area contributed by atoms with Gasteiger partial charge in [-0.25, -0.2) is 4.79 Å². The van der Waals surface area contributed by atoms with E-state index in [9.17, 15) is 14.7 Å². The van der Waals surface area contributed by atoms with Crippen LogP contribution in [0.4, 0.5) is 4.79 Å². The number of rotatable bonds is 4. The normalized spacial score (nSPS) is 20.2. The van der Waals surface area contributed by atoms with E-state index in [0.29, 0.717) is 6.54 Å². The quantitative estimate of drug-likeness (QED) is 0.637. The molecular weight excluding hydrogens is 222 g/mol. The zero-order chi connectivity index (χ0) is 13.1. The van der Waals surface area contributed by atoms with Gasteiger partial charge in [0.15, 0.2) is 0 Å². The summed E-state index contributed by atoms with van der Waals surface area (Å²) in [7, 11) is 1.75. The van der Waals surface area contributed by atoms with Crippen molar-refractivity contribution in [1.29, 1.82) is 0 Å². The Labute approximate surface area is 101 Å².